The van der Waals surface area contributed by atoms with E-state index < -0.39 is 0 Å². The van der Waals surface area contributed by atoms with Crippen LogP contribution in [0.4, 0.5) is 4.79 Å². The van der Waals surface area contributed by atoms with Crippen LogP contribution in [0.1, 0.15) is 64.1 Å². The van der Waals surface area contributed by atoms with E-state index in [0.29, 0.717) is 12.5 Å². The first-order valence-electron chi connectivity index (χ1n) is 9.14. The van der Waals surface area contributed by atoms with Gasteiger partial charge in [0.25, 0.3) is 0 Å². The molecule has 0 radical (unpaired) electrons. The Morgan fingerprint density at radius 3 is 2.08 bits per heavy atom. The Labute approximate surface area is 152 Å². The number of carbonyl (C=O) groups excluding carboxylic acids is 2. The van der Waals surface area contributed by atoms with E-state index in [0.717, 1.165) is 12.0 Å². The lowest BCUT2D eigenvalue weighted by atomic mass is 9.93. The molecule has 0 aromatic heterocycles. The summed E-state index contributed by atoms with van der Waals surface area (Å²) in [6, 6.07) is 8.06. The lowest BCUT2D eigenvalue weighted by molar-refractivity contribution is -0.121. The van der Waals surface area contributed by atoms with Crippen LogP contribution in [0, 0.1) is 5.92 Å². The number of nitrogens with one attached hydrogen (secondary N) is 2. The van der Waals surface area contributed by atoms with Crippen molar-refractivity contribution in [3.63, 3.8) is 0 Å². The highest BCUT2D eigenvalue weighted by molar-refractivity contribution is 5.84. The summed E-state index contributed by atoms with van der Waals surface area (Å²) in [5.41, 5.74) is 2.36. The molecule has 2 N–H and O–H groups in total. The Hall–Kier alpha value is -2.04. The second kappa shape index (κ2) is 10.1. The quantitative estimate of drug-likeness (QED) is 0.753. The SMILES string of the molecule is CCCNC(=O)CN(C)C(=O)N[C@@H](c1ccc(C(C)C)cc1)C(C)C. The van der Waals surface area contributed by atoms with Crippen molar-refractivity contribution in [2.24, 2.45) is 5.92 Å². The van der Waals surface area contributed by atoms with E-state index in [1.54, 1.807) is 7.05 Å². The molecule has 1 aromatic carbocycles. The van der Waals surface area contributed by atoms with Gasteiger partial charge in [0.1, 0.15) is 6.54 Å². The van der Waals surface area contributed by atoms with Crippen LogP contribution >= 0.6 is 0 Å². The van der Waals surface area contributed by atoms with E-state index in [1.807, 2.05) is 6.92 Å². The molecule has 0 aliphatic carbocycles. The van der Waals surface area contributed by atoms with Gasteiger partial charge in [0, 0.05) is 13.6 Å². The summed E-state index contributed by atoms with van der Waals surface area (Å²) in [4.78, 5) is 25.6. The van der Waals surface area contributed by atoms with Crippen molar-refractivity contribution in [3.8, 4) is 0 Å². The normalized spacial score (nSPS) is 12.2. The third-order valence-electron chi connectivity index (χ3n) is 4.21. The van der Waals surface area contributed by atoms with E-state index in [4.69, 9.17) is 0 Å². The van der Waals surface area contributed by atoms with Crippen molar-refractivity contribution in [2.45, 2.75) is 53.0 Å². The van der Waals surface area contributed by atoms with Gasteiger partial charge in [0.05, 0.1) is 6.04 Å². The zero-order valence-electron chi connectivity index (χ0n) is 16.4. The minimum absolute atomic E-state index is 0.0585. The lowest BCUT2D eigenvalue weighted by Crippen LogP contribution is -2.45. The molecule has 0 aliphatic heterocycles. The minimum atomic E-state index is -0.238. The molecule has 0 bridgehead atoms. The molecule has 0 heterocycles. The van der Waals surface area contributed by atoms with Gasteiger partial charge in [0.2, 0.25) is 5.91 Å². The van der Waals surface area contributed by atoms with E-state index in [9.17, 15) is 9.59 Å². The van der Waals surface area contributed by atoms with E-state index in [2.05, 4.69) is 62.6 Å². The molecule has 1 aromatic rings. The fraction of sp³-hybridized carbons (Fsp3) is 0.600. The summed E-state index contributed by atoms with van der Waals surface area (Å²) >= 11 is 0. The molecule has 0 aliphatic rings. The first kappa shape index (κ1) is 21.0. The number of rotatable bonds is 8. The highest BCUT2D eigenvalue weighted by Gasteiger charge is 2.21. The van der Waals surface area contributed by atoms with Gasteiger partial charge < -0.3 is 15.5 Å². The number of likely N-dealkylation sites (N-methyl/N-ethyl adjacent to an activating group) is 1. The van der Waals surface area contributed by atoms with Gasteiger partial charge >= 0.3 is 6.03 Å². The van der Waals surface area contributed by atoms with Crippen LogP contribution in [0.2, 0.25) is 0 Å². The lowest BCUT2D eigenvalue weighted by Gasteiger charge is -2.26. The Morgan fingerprint density at radius 1 is 1.04 bits per heavy atom. The van der Waals surface area contributed by atoms with Crippen molar-refractivity contribution in [1.29, 1.82) is 0 Å². The number of hydrogen-bond acceptors (Lipinski definition) is 2. The molecule has 140 valence electrons. The Morgan fingerprint density at radius 2 is 1.60 bits per heavy atom. The van der Waals surface area contributed by atoms with Crippen LogP contribution in [0.15, 0.2) is 24.3 Å². The maximum absolute atomic E-state index is 12.5. The fourth-order valence-corrected chi connectivity index (χ4v) is 2.57. The molecule has 5 heteroatoms. The first-order chi connectivity index (χ1) is 11.8. The molecule has 1 atom stereocenters. The van der Waals surface area contributed by atoms with Crippen LogP contribution in [0.3, 0.4) is 0 Å². The number of hydrogen-bond donors (Lipinski definition) is 2. The summed E-state index contributed by atoms with van der Waals surface area (Å²) in [5.74, 6) is 0.590. The van der Waals surface area contributed by atoms with Gasteiger partial charge in [-0.05, 0) is 29.4 Å². The molecule has 0 unspecified atom stereocenters. The fourth-order valence-electron chi connectivity index (χ4n) is 2.57. The summed E-state index contributed by atoms with van der Waals surface area (Å²) in [6.07, 6.45) is 0.878. The van der Waals surface area contributed by atoms with E-state index in [1.165, 1.54) is 10.5 Å². The van der Waals surface area contributed by atoms with E-state index >= 15 is 0 Å². The average molecular weight is 348 g/mol. The van der Waals surface area contributed by atoms with Gasteiger partial charge in [-0.25, -0.2) is 4.79 Å². The smallest absolute Gasteiger partial charge is 0.318 e. The third-order valence-corrected chi connectivity index (χ3v) is 4.21. The largest absolute Gasteiger partial charge is 0.355 e. The van der Waals surface area contributed by atoms with Gasteiger partial charge in [0.15, 0.2) is 0 Å². The maximum atomic E-state index is 12.5. The van der Waals surface area contributed by atoms with Gasteiger partial charge in [-0.2, -0.15) is 0 Å². The van der Waals surface area contributed by atoms with Gasteiger partial charge in [-0.15, -0.1) is 0 Å². The topological polar surface area (TPSA) is 61.4 Å². The molecule has 25 heavy (non-hydrogen) atoms. The summed E-state index contributed by atoms with van der Waals surface area (Å²) in [6.45, 7) is 11.2. The second-order valence-electron chi connectivity index (χ2n) is 7.20. The number of nitrogens with zero attached hydrogens (tertiary/aromatic N) is 1. The van der Waals surface area contributed by atoms with Crippen molar-refractivity contribution in [3.05, 3.63) is 35.4 Å². The molecule has 0 saturated carbocycles. The number of urea groups is 1. The molecule has 1 rings (SSSR count). The molecule has 0 fully saturated rings. The number of carbonyl (C=O) groups is 2. The zero-order valence-corrected chi connectivity index (χ0v) is 16.4. The Balaban J connectivity index is 2.73. The predicted octanol–water partition coefficient (Wildman–Crippen LogP) is 3.67. The second-order valence-corrected chi connectivity index (χ2v) is 7.20. The monoisotopic (exact) mass is 347 g/mol. The van der Waals surface area contributed by atoms with Crippen LogP contribution in [0.25, 0.3) is 0 Å². The standard InChI is InChI=1S/C20H33N3O2/c1-7-12-21-18(24)13-23(6)20(25)22-19(15(4)5)17-10-8-16(9-11-17)14(2)3/h8-11,14-15,19H,7,12-13H2,1-6H3,(H,21,24)(H,22,25)/t19-/m1/s1. The highest BCUT2D eigenvalue weighted by atomic mass is 16.2. The van der Waals surface area contributed by atoms with Gasteiger partial charge in [-0.3, -0.25) is 4.79 Å². The molecular weight excluding hydrogens is 314 g/mol. The Bertz CT molecular complexity index is 553. The van der Waals surface area contributed by atoms with Crippen LogP contribution < -0.4 is 10.6 Å². The molecule has 0 saturated heterocycles. The summed E-state index contributed by atoms with van der Waals surface area (Å²) in [7, 11) is 1.64. The molecule has 0 spiro atoms. The van der Waals surface area contributed by atoms with E-state index in [-0.39, 0.29) is 30.4 Å². The molecule has 3 amide bonds. The van der Waals surface area contributed by atoms with Crippen LogP contribution in [0.5, 0.6) is 0 Å². The molecule has 5 nitrogen and oxygen atoms in total. The number of benzene rings is 1. The first-order valence-corrected chi connectivity index (χ1v) is 9.14. The predicted molar refractivity (Wildman–Crippen MR) is 103 cm³/mol. The Kier molecular flexibility index (Phi) is 8.46. The summed E-state index contributed by atoms with van der Waals surface area (Å²) in [5, 5.41) is 5.83. The zero-order chi connectivity index (χ0) is 19.0. The highest BCUT2D eigenvalue weighted by Crippen LogP contribution is 2.24. The third kappa shape index (κ3) is 6.77. The minimum Gasteiger partial charge on any atom is -0.355 e. The molecular formula is C20H33N3O2. The van der Waals surface area contributed by atoms with Crippen molar-refractivity contribution >= 4 is 11.9 Å². The van der Waals surface area contributed by atoms with Crippen molar-refractivity contribution < 1.29 is 9.59 Å². The van der Waals surface area contributed by atoms with Crippen LogP contribution in [-0.2, 0) is 4.79 Å². The maximum Gasteiger partial charge on any atom is 0.318 e. The summed E-state index contributed by atoms with van der Waals surface area (Å²) < 4.78 is 0. The van der Waals surface area contributed by atoms with Crippen molar-refractivity contribution in [1.82, 2.24) is 15.5 Å². The average Bonchev–Trinajstić information content (AvgIpc) is 2.57. The van der Waals surface area contributed by atoms with Gasteiger partial charge in [-0.1, -0.05) is 58.9 Å². The number of amides is 3. The van der Waals surface area contributed by atoms with Crippen LogP contribution in [-0.4, -0.2) is 37.0 Å². The van der Waals surface area contributed by atoms with Crippen molar-refractivity contribution in [2.75, 3.05) is 20.1 Å².